The number of aryl methyl sites for hydroxylation is 1. The second-order valence-corrected chi connectivity index (χ2v) is 10.1. The maximum absolute atomic E-state index is 11.0. The molecule has 0 saturated heterocycles. The predicted molar refractivity (Wildman–Crippen MR) is 88.9 cm³/mol. The topological polar surface area (TPSA) is 17.1 Å². The van der Waals surface area contributed by atoms with E-state index in [4.69, 9.17) is 0 Å². The quantitative estimate of drug-likeness (QED) is 0.324. The van der Waals surface area contributed by atoms with Crippen molar-refractivity contribution >= 4 is 58.1 Å². The van der Waals surface area contributed by atoms with Crippen LogP contribution in [0.3, 0.4) is 0 Å². The third kappa shape index (κ3) is 4.04. The number of hydrogen-bond donors (Lipinski definition) is 0. The molecule has 0 aliphatic carbocycles. The zero-order valence-electron chi connectivity index (χ0n) is 11.2. The zero-order chi connectivity index (χ0) is 13.7. The van der Waals surface area contributed by atoms with Crippen LogP contribution in [0.5, 0.6) is 0 Å². The molecular weight excluding hydrogens is 387 g/mol. The van der Waals surface area contributed by atoms with E-state index in [0.29, 0.717) is 0 Å². The van der Waals surface area contributed by atoms with E-state index in [-0.39, 0.29) is 14.5 Å². The van der Waals surface area contributed by atoms with Crippen molar-refractivity contribution < 1.29 is 4.79 Å². The Kier molecular flexibility index (Phi) is 6.34. The van der Waals surface area contributed by atoms with Gasteiger partial charge in [0.1, 0.15) is 0 Å². The van der Waals surface area contributed by atoms with Gasteiger partial charge in [-0.25, -0.2) is 0 Å². The fourth-order valence-corrected chi connectivity index (χ4v) is 6.83. The third-order valence-electron chi connectivity index (χ3n) is 3.30. The van der Waals surface area contributed by atoms with Crippen molar-refractivity contribution in [3.05, 3.63) is 18.7 Å². The number of hydrogen-bond acceptors (Lipinski definition) is 2. The van der Waals surface area contributed by atoms with Gasteiger partial charge in [-0.3, -0.25) is 0 Å². The number of rotatable bonds is 8. The fraction of sp³-hybridized carbons (Fsp3) is 0.533. The Balaban J connectivity index is 1.89. The van der Waals surface area contributed by atoms with Crippen LogP contribution >= 0.6 is 27.3 Å². The summed E-state index contributed by atoms with van der Waals surface area (Å²) in [6, 6.07) is 2.29. The van der Waals surface area contributed by atoms with Crippen molar-refractivity contribution in [2.75, 3.05) is 0 Å². The van der Waals surface area contributed by atoms with Gasteiger partial charge in [-0.2, -0.15) is 0 Å². The summed E-state index contributed by atoms with van der Waals surface area (Å²) in [6.45, 7) is 2.25. The molecule has 0 fully saturated rings. The first-order chi connectivity index (χ1) is 9.26. The molecular formula is C15H19BrOSSe. The van der Waals surface area contributed by atoms with E-state index in [1.807, 2.05) is 11.3 Å². The van der Waals surface area contributed by atoms with Gasteiger partial charge in [0, 0.05) is 0 Å². The molecule has 4 heteroatoms. The second kappa shape index (κ2) is 7.78. The number of halogens is 1. The van der Waals surface area contributed by atoms with Crippen LogP contribution in [-0.2, 0) is 6.42 Å². The van der Waals surface area contributed by atoms with Gasteiger partial charge >= 0.3 is 134 Å². The van der Waals surface area contributed by atoms with E-state index in [9.17, 15) is 4.79 Å². The number of carbonyl (C=O) groups excluding carboxylic acids is 1. The van der Waals surface area contributed by atoms with E-state index < -0.39 is 0 Å². The zero-order valence-corrected chi connectivity index (χ0v) is 15.3. The summed E-state index contributed by atoms with van der Waals surface area (Å²) in [6.07, 6.45) is 10.2. The molecule has 104 valence electrons. The summed E-state index contributed by atoms with van der Waals surface area (Å²) in [5, 5.41) is 1.29. The maximum atomic E-state index is 11.0. The first kappa shape index (κ1) is 15.5. The normalized spacial score (nSPS) is 11.3. The number of carbonyl (C=O) groups is 1. The molecule has 2 aromatic rings. The summed E-state index contributed by atoms with van der Waals surface area (Å²) >= 11 is 5.65. The molecule has 19 heavy (non-hydrogen) atoms. The summed E-state index contributed by atoms with van der Waals surface area (Å²) in [4.78, 5) is 12.5. The van der Waals surface area contributed by atoms with Gasteiger partial charge < -0.3 is 0 Å². The van der Waals surface area contributed by atoms with Crippen LogP contribution in [0, 0.1) is 0 Å². The van der Waals surface area contributed by atoms with Gasteiger partial charge in [0.25, 0.3) is 0 Å². The van der Waals surface area contributed by atoms with E-state index in [1.54, 1.807) is 0 Å². The Labute approximate surface area is 133 Å². The van der Waals surface area contributed by atoms with Crippen molar-refractivity contribution in [3.8, 4) is 0 Å². The summed E-state index contributed by atoms with van der Waals surface area (Å²) in [7, 11) is 0. The Morgan fingerprint density at radius 3 is 2.74 bits per heavy atom. The molecule has 0 aliphatic rings. The van der Waals surface area contributed by atoms with Crippen molar-refractivity contribution in [1.82, 2.24) is 0 Å². The number of unbranched alkanes of at least 4 members (excludes halogenated alkanes) is 5. The molecule has 2 heterocycles. The first-order valence-corrected chi connectivity index (χ1v) is 10.2. The molecule has 0 unspecified atom stereocenters. The van der Waals surface area contributed by atoms with Crippen LogP contribution < -0.4 is 0 Å². The molecule has 1 nitrogen and oxygen atoms in total. The average Bonchev–Trinajstić information content (AvgIpc) is 2.94. The van der Waals surface area contributed by atoms with Crippen molar-refractivity contribution in [2.45, 2.75) is 51.9 Å². The van der Waals surface area contributed by atoms with Crippen LogP contribution in [0.15, 0.2) is 9.41 Å². The first-order valence-electron chi connectivity index (χ1n) is 6.92. The van der Waals surface area contributed by atoms with Gasteiger partial charge in [-0.1, -0.05) is 0 Å². The molecule has 0 spiro atoms. The number of thiophene rings is 1. The van der Waals surface area contributed by atoms with Crippen LogP contribution in [0.1, 0.15) is 59.6 Å². The SMILES string of the molecule is CCCCCCCCc1cc2c(Br)[se]c(C=O)c2s1. The Morgan fingerprint density at radius 2 is 2.00 bits per heavy atom. The molecule has 0 aromatic carbocycles. The molecule has 2 rings (SSSR count). The Bertz CT molecular complexity index is 544. The molecule has 0 bridgehead atoms. The van der Waals surface area contributed by atoms with Crippen LogP contribution in [-0.4, -0.2) is 20.8 Å². The molecule has 0 saturated carbocycles. The van der Waals surface area contributed by atoms with Gasteiger partial charge in [0.15, 0.2) is 0 Å². The summed E-state index contributed by atoms with van der Waals surface area (Å²) in [5.74, 6) is 0. The second-order valence-electron chi connectivity index (χ2n) is 4.83. The number of aldehydes is 1. The van der Waals surface area contributed by atoms with E-state index in [2.05, 4.69) is 28.9 Å². The fourth-order valence-electron chi connectivity index (χ4n) is 2.25. The molecule has 0 radical (unpaired) electrons. The van der Waals surface area contributed by atoms with Crippen molar-refractivity contribution in [1.29, 1.82) is 0 Å². The van der Waals surface area contributed by atoms with E-state index >= 15 is 0 Å². The molecule has 0 N–H and O–H groups in total. The Morgan fingerprint density at radius 1 is 1.26 bits per heavy atom. The van der Waals surface area contributed by atoms with E-state index in [0.717, 1.165) is 10.7 Å². The van der Waals surface area contributed by atoms with Gasteiger partial charge in [-0.15, -0.1) is 0 Å². The van der Waals surface area contributed by atoms with Crippen LogP contribution in [0.4, 0.5) is 0 Å². The average molecular weight is 406 g/mol. The van der Waals surface area contributed by atoms with Gasteiger partial charge in [-0.05, 0) is 0 Å². The number of fused-ring (bicyclic) bond motifs is 1. The Hall–Kier alpha value is 0.109. The molecule has 0 aliphatic heterocycles. The summed E-state index contributed by atoms with van der Waals surface area (Å²) < 4.78 is 3.47. The van der Waals surface area contributed by atoms with Crippen LogP contribution in [0.25, 0.3) is 10.1 Å². The third-order valence-corrected chi connectivity index (χ3v) is 8.02. The minimum absolute atomic E-state index is 0.210. The summed E-state index contributed by atoms with van der Waals surface area (Å²) in [5.41, 5.74) is 0. The van der Waals surface area contributed by atoms with Gasteiger partial charge in [0.2, 0.25) is 0 Å². The minimum atomic E-state index is 0.210. The van der Waals surface area contributed by atoms with Crippen molar-refractivity contribution in [2.24, 2.45) is 0 Å². The van der Waals surface area contributed by atoms with Gasteiger partial charge in [0.05, 0.1) is 0 Å². The van der Waals surface area contributed by atoms with E-state index in [1.165, 1.54) is 63.3 Å². The molecule has 2 aromatic heterocycles. The van der Waals surface area contributed by atoms with Crippen molar-refractivity contribution in [3.63, 3.8) is 0 Å². The monoisotopic (exact) mass is 406 g/mol. The predicted octanol–water partition coefficient (Wildman–Crippen LogP) is 5.44. The van der Waals surface area contributed by atoms with Crippen LogP contribution in [0.2, 0.25) is 0 Å². The standard InChI is InChI=1S/C15H19BrOSSe/c1-2-3-4-5-6-7-8-11-9-12-14(18-11)13(10-17)19-15(12)16/h9-10H,2-8H2,1H3. The molecule has 0 atom stereocenters. The molecule has 0 amide bonds.